The number of ether oxygens (including phenoxy) is 1. The van der Waals surface area contributed by atoms with Crippen molar-refractivity contribution in [2.45, 2.75) is 6.54 Å². The molecule has 0 saturated heterocycles. The second kappa shape index (κ2) is 5.55. The Morgan fingerprint density at radius 1 is 1.28 bits per heavy atom. The van der Waals surface area contributed by atoms with Gasteiger partial charge in [0.05, 0.1) is 6.20 Å². The minimum absolute atomic E-state index is 0.154. The van der Waals surface area contributed by atoms with Crippen molar-refractivity contribution in [1.82, 2.24) is 10.3 Å². The molecular formula is C13H12F2N2O. The fourth-order valence-electron chi connectivity index (χ4n) is 1.51. The third kappa shape index (κ3) is 2.81. The summed E-state index contributed by atoms with van der Waals surface area (Å²) in [5.41, 5.74) is 0.895. The van der Waals surface area contributed by atoms with Crippen LogP contribution in [0.3, 0.4) is 0 Å². The van der Waals surface area contributed by atoms with Gasteiger partial charge in [-0.05, 0) is 30.8 Å². The number of hydrogen-bond acceptors (Lipinski definition) is 3. The summed E-state index contributed by atoms with van der Waals surface area (Å²) in [6.45, 7) is 0.621. The highest BCUT2D eigenvalue weighted by atomic mass is 19.2. The summed E-state index contributed by atoms with van der Waals surface area (Å²) in [5, 5.41) is 2.97. The Morgan fingerprint density at radius 2 is 2.11 bits per heavy atom. The van der Waals surface area contributed by atoms with E-state index in [0.717, 1.165) is 11.6 Å². The highest BCUT2D eigenvalue weighted by Gasteiger charge is 2.09. The molecule has 1 N–H and O–H groups in total. The molecule has 0 atom stereocenters. The van der Waals surface area contributed by atoms with E-state index in [0.29, 0.717) is 12.3 Å². The number of aromatic nitrogens is 1. The van der Waals surface area contributed by atoms with E-state index in [1.165, 1.54) is 18.3 Å². The number of pyridine rings is 1. The predicted molar refractivity (Wildman–Crippen MR) is 63.4 cm³/mol. The summed E-state index contributed by atoms with van der Waals surface area (Å²) in [6.07, 6.45) is 3.12. The van der Waals surface area contributed by atoms with Crippen LogP contribution >= 0.6 is 0 Å². The van der Waals surface area contributed by atoms with Crippen LogP contribution in [0, 0.1) is 11.6 Å². The van der Waals surface area contributed by atoms with Gasteiger partial charge in [0.1, 0.15) is 5.75 Å². The van der Waals surface area contributed by atoms with Crippen molar-refractivity contribution < 1.29 is 13.5 Å². The molecule has 18 heavy (non-hydrogen) atoms. The quantitative estimate of drug-likeness (QED) is 0.906. The normalized spacial score (nSPS) is 10.4. The van der Waals surface area contributed by atoms with Gasteiger partial charge in [0.2, 0.25) is 5.82 Å². The van der Waals surface area contributed by atoms with Gasteiger partial charge in [0, 0.05) is 12.7 Å². The second-order valence-corrected chi connectivity index (χ2v) is 3.71. The fraction of sp³-hybridized carbons (Fsp3) is 0.154. The molecule has 3 nitrogen and oxygen atoms in total. The van der Waals surface area contributed by atoms with Crippen LogP contribution in [0.15, 0.2) is 36.7 Å². The van der Waals surface area contributed by atoms with Crippen LogP contribution in [0.2, 0.25) is 0 Å². The monoisotopic (exact) mass is 250 g/mol. The lowest BCUT2D eigenvalue weighted by molar-refractivity contribution is 0.414. The van der Waals surface area contributed by atoms with Gasteiger partial charge in [-0.3, -0.25) is 4.98 Å². The van der Waals surface area contributed by atoms with Crippen molar-refractivity contribution in [2.75, 3.05) is 7.05 Å². The molecule has 1 heterocycles. The lowest BCUT2D eigenvalue weighted by Gasteiger charge is -2.08. The molecular weight excluding hydrogens is 238 g/mol. The van der Waals surface area contributed by atoms with E-state index in [2.05, 4.69) is 10.3 Å². The summed E-state index contributed by atoms with van der Waals surface area (Å²) in [5.74, 6) is -1.73. The molecule has 0 bridgehead atoms. The van der Waals surface area contributed by atoms with Crippen molar-refractivity contribution in [3.8, 4) is 11.5 Å². The molecule has 2 rings (SSSR count). The van der Waals surface area contributed by atoms with E-state index in [4.69, 9.17) is 4.74 Å². The molecule has 5 heteroatoms. The Kier molecular flexibility index (Phi) is 3.84. The number of benzene rings is 1. The highest BCUT2D eigenvalue weighted by molar-refractivity contribution is 5.32. The molecule has 0 radical (unpaired) electrons. The predicted octanol–water partition coefficient (Wildman–Crippen LogP) is 2.87. The maximum atomic E-state index is 13.4. The van der Waals surface area contributed by atoms with Crippen LogP contribution < -0.4 is 10.1 Å². The lowest BCUT2D eigenvalue weighted by atomic mass is 10.2. The SMILES string of the molecule is CNCc1cncc(Oc2cccc(F)c2F)c1. The first kappa shape index (κ1) is 12.4. The minimum atomic E-state index is -1.00. The molecule has 1 aromatic carbocycles. The van der Waals surface area contributed by atoms with E-state index in [9.17, 15) is 8.78 Å². The fourth-order valence-corrected chi connectivity index (χ4v) is 1.51. The van der Waals surface area contributed by atoms with Crippen LogP contribution in [-0.4, -0.2) is 12.0 Å². The number of rotatable bonds is 4. The van der Waals surface area contributed by atoms with Gasteiger partial charge in [-0.25, -0.2) is 4.39 Å². The summed E-state index contributed by atoms with van der Waals surface area (Å²) >= 11 is 0. The largest absolute Gasteiger partial charge is 0.453 e. The topological polar surface area (TPSA) is 34.2 Å². The summed E-state index contributed by atoms with van der Waals surface area (Å²) in [6, 6.07) is 5.51. The third-order valence-corrected chi connectivity index (χ3v) is 2.29. The van der Waals surface area contributed by atoms with E-state index in [1.807, 2.05) is 0 Å². The smallest absolute Gasteiger partial charge is 0.201 e. The maximum absolute atomic E-state index is 13.4. The molecule has 0 unspecified atom stereocenters. The zero-order valence-corrected chi connectivity index (χ0v) is 9.78. The Hall–Kier alpha value is -2.01. The first-order chi connectivity index (χ1) is 8.70. The molecule has 2 aromatic rings. The lowest BCUT2D eigenvalue weighted by Crippen LogP contribution is -2.05. The Labute approximate surface area is 103 Å². The van der Waals surface area contributed by atoms with Gasteiger partial charge in [-0.15, -0.1) is 0 Å². The van der Waals surface area contributed by atoms with Crippen molar-refractivity contribution >= 4 is 0 Å². The Balaban J connectivity index is 2.23. The Bertz CT molecular complexity index is 546. The van der Waals surface area contributed by atoms with Gasteiger partial charge in [-0.2, -0.15) is 4.39 Å². The second-order valence-electron chi connectivity index (χ2n) is 3.71. The molecule has 0 aliphatic heterocycles. The molecule has 94 valence electrons. The number of hydrogen-bond donors (Lipinski definition) is 1. The molecule has 0 aliphatic rings. The molecule has 0 fully saturated rings. The Morgan fingerprint density at radius 3 is 2.89 bits per heavy atom. The van der Waals surface area contributed by atoms with E-state index < -0.39 is 11.6 Å². The molecule has 1 aromatic heterocycles. The average Bonchev–Trinajstić information content (AvgIpc) is 2.36. The number of nitrogens with one attached hydrogen (secondary N) is 1. The van der Waals surface area contributed by atoms with Crippen LogP contribution in [0.1, 0.15) is 5.56 Å². The van der Waals surface area contributed by atoms with E-state index in [1.54, 1.807) is 19.3 Å². The number of nitrogens with zero attached hydrogens (tertiary/aromatic N) is 1. The van der Waals surface area contributed by atoms with Crippen molar-refractivity contribution in [2.24, 2.45) is 0 Å². The van der Waals surface area contributed by atoms with Crippen molar-refractivity contribution in [3.63, 3.8) is 0 Å². The zero-order chi connectivity index (χ0) is 13.0. The van der Waals surface area contributed by atoms with Gasteiger partial charge >= 0.3 is 0 Å². The van der Waals surface area contributed by atoms with Gasteiger partial charge < -0.3 is 10.1 Å². The third-order valence-electron chi connectivity index (χ3n) is 2.29. The minimum Gasteiger partial charge on any atom is -0.453 e. The van der Waals surface area contributed by atoms with Crippen LogP contribution in [0.4, 0.5) is 8.78 Å². The van der Waals surface area contributed by atoms with Crippen LogP contribution in [0.25, 0.3) is 0 Å². The van der Waals surface area contributed by atoms with Gasteiger partial charge in [-0.1, -0.05) is 6.07 Å². The molecule has 0 aliphatic carbocycles. The van der Waals surface area contributed by atoms with Crippen LogP contribution in [-0.2, 0) is 6.54 Å². The molecule has 0 saturated carbocycles. The first-order valence-electron chi connectivity index (χ1n) is 5.41. The average molecular weight is 250 g/mol. The van der Waals surface area contributed by atoms with Gasteiger partial charge in [0.25, 0.3) is 0 Å². The standard InChI is InChI=1S/C13H12F2N2O/c1-16-6-9-5-10(8-17-7-9)18-12-4-2-3-11(14)13(12)15/h2-5,7-8,16H,6H2,1H3. The molecule has 0 spiro atoms. The first-order valence-corrected chi connectivity index (χ1v) is 5.41. The van der Waals surface area contributed by atoms with Crippen LogP contribution in [0.5, 0.6) is 11.5 Å². The summed E-state index contributed by atoms with van der Waals surface area (Å²) in [7, 11) is 1.81. The van der Waals surface area contributed by atoms with Gasteiger partial charge in [0.15, 0.2) is 11.6 Å². The van der Waals surface area contributed by atoms with Crippen molar-refractivity contribution in [1.29, 1.82) is 0 Å². The van der Waals surface area contributed by atoms with E-state index >= 15 is 0 Å². The highest BCUT2D eigenvalue weighted by Crippen LogP contribution is 2.25. The zero-order valence-electron chi connectivity index (χ0n) is 9.78. The molecule has 0 amide bonds. The maximum Gasteiger partial charge on any atom is 0.201 e. The summed E-state index contributed by atoms with van der Waals surface area (Å²) < 4.78 is 31.7. The van der Waals surface area contributed by atoms with Crippen molar-refractivity contribution in [3.05, 3.63) is 53.9 Å². The summed E-state index contributed by atoms with van der Waals surface area (Å²) in [4.78, 5) is 3.97. The number of halogens is 2. The van der Waals surface area contributed by atoms with E-state index in [-0.39, 0.29) is 5.75 Å².